The van der Waals surface area contributed by atoms with E-state index in [1.165, 1.54) is 30.5 Å². The number of carbonyl (C=O) groups excluding carboxylic acids is 1. The van der Waals surface area contributed by atoms with E-state index in [2.05, 4.69) is 20.7 Å². The van der Waals surface area contributed by atoms with Gasteiger partial charge < -0.3 is 10.4 Å². The minimum atomic E-state index is -0.744. The van der Waals surface area contributed by atoms with Gasteiger partial charge in [-0.25, -0.2) is 4.39 Å². The van der Waals surface area contributed by atoms with Gasteiger partial charge in [0.1, 0.15) is 11.6 Å². The minimum Gasteiger partial charge on any atom is -0.508 e. The Balaban J connectivity index is 1.70. The summed E-state index contributed by atoms with van der Waals surface area (Å²) in [5.41, 5.74) is -0.202. The number of H-pyrrole nitrogens is 1. The fourth-order valence-corrected chi connectivity index (χ4v) is 2.10. The van der Waals surface area contributed by atoms with Crippen LogP contribution in [-0.2, 0) is 6.54 Å². The molecule has 0 fully saturated rings. The number of rotatable bonds is 5. The number of aromatic hydroxyl groups is 1. The van der Waals surface area contributed by atoms with E-state index in [4.69, 9.17) is 0 Å². The van der Waals surface area contributed by atoms with Crippen LogP contribution < -0.4 is 10.9 Å². The molecule has 0 spiro atoms. The third-order valence-corrected chi connectivity index (χ3v) is 3.48. The molecule has 0 atom stereocenters. The first-order valence-electron chi connectivity index (χ1n) is 7.57. The van der Waals surface area contributed by atoms with Crippen LogP contribution in [0.15, 0.2) is 58.4 Å². The molecule has 1 aromatic heterocycles. The second-order valence-corrected chi connectivity index (χ2v) is 5.29. The summed E-state index contributed by atoms with van der Waals surface area (Å²) in [6.07, 6.45) is 1.36. The zero-order valence-electron chi connectivity index (χ0n) is 13.4. The van der Waals surface area contributed by atoms with Crippen LogP contribution in [0.5, 0.6) is 5.75 Å². The number of halogens is 1. The highest BCUT2D eigenvalue weighted by molar-refractivity contribution is 5.91. The number of aromatic nitrogens is 3. The van der Waals surface area contributed by atoms with Crippen molar-refractivity contribution in [2.24, 2.45) is 5.10 Å². The standard InChI is InChI=1S/C17H14FN5O3/c18-14-4-2-1-3-12(14)10-19-16(25)15-17(26)23(22-21-15)20-9-11-5-7-13(24)8-6-11/h1-9,22,24H,10H2,(H,19,25)/b20-9+. The maximum absolute atomic E-state index is 13.5. The predicted octanol–water partition coefficient (Wildman–Crippen LogP) is 1.23. The summed E-state index contributed by atoms with van der Waals surface area (Å²) in [7, 11) is 0. The highest BCUT2D eigenvalue weighted by Gasteiger charge is 2.16. The lowest BCUT2D eigenvalue weighted by Gasteiger charge is -2.03. The molecule has 0 aliphatic rings. The van der Waals surface area contributed by atoms with Crippen LogP contribution >= 0.6 is 0 Å². The fraction of sp³-hybridized carbons (Fsp3) is 0.0588. The molecule has 8 nitrogen and oxygen atoms in total. The first kappa shape index (κ1) is 17.1. The molecule has 3 rings (SSSR count). The normalized spacial score (nSPS) is 11.0. The minimum absolute atomic E-state index is 0.0748. The predicted molar refractivity (Wildman–Crippen MR) is 91.5 cm³/mol. The summed E-state index contributed by atoms with van der Waals surface area (Å²) in [4.78, 5) is 25.0. The molecule has 1 amide bonds. The maximum Gasteiger partial charge on any atom is 0.320 e. The van der Waals surface area contributed by atoms with E-state index in [0.717, 1.165) is 4.79 Å². The SMILES string of the molecule is O=C(NCc1ccccc1F)c1n[nH]n(/N=C/c2ccc(O)cc2)c1=O. The Morgan fingerprint density at radius 2 is 2.00 bits per heavy atom. The van der Waals surface area contributed by atoms with Gasteiger partial charge in [0.2, 0.25) is 5.69 Å². The molecule has 0 bridgehead atoms. The van der Waals surface area contributed by atoms with Crippen molar-refractivity contribution in [3.05, 3.63) is 81.5 Å². The van der Waals surface area contributed by atoms with Crippen molar-refractivity contribution >= 4 is 12.1 Å². The van der Waals surface area contributed by atoms with E-state index in [1.54, 1.807) is 24.3 Å². The van der Waals surface area contributed by atoms with E-state index >= 15 is 0 Å². The van der Waals surface area contributed by atoms with Gasteiger partial charge in [0.25, 0.3) is 5.91 Å². The molecule has 0 radical (unpaired) electrons. The topological polar surface area (TPSA) is 112 Å². The molecule has 3 N–H and O–H groups in total. The highest BCUT2D eigenvalue weighted by Crippen LogP contribution is 2.08. The van der Waals surface area contributed by atoms with Crippen molar-refractivity contribution in [2.75, 3.05) is 0 Å². The molecular weight excluding hydrogens is 341 g/mol. The Morgan fingerprint density at radius 3 is 2.73 bits per heavy atom. The number of carbonyl (C=O) groups is 1. The molecule has 1 heterocycles. The second-order valence-electron chi connectivity index (χ2n) is 5.29. The lowest BCUT2D eigenvalue weighted by molar-refractivity contribution is 0.0944. The van der Waals surface area contributed by atoms with Crippen LogP contribution in [0.3, 0.4) is 0 Å². The number of benzene rings is 2. The van der Waals surface area contributed by atoms with E-state index in [1.807, 2.05) is 0 Å². The van der Waals surface area contributed by atoms with E-state index in [-0.39, 0.29) is 18.0 Å². The lowest BCUT2D eigenvalue weighted by atomic mass is 10.2. The molecule has 9 heteroatoms. The summed E-state index contributed by atoms with van der Waals surface area (Å²) in [5.74, 6) is -1.09. The summed E-state index contributed by atoms with van der Waals surface area (Å²) in [6.45, 7) is -0.0748. The second kappa shape index (κ2) is 7.43. The number of hydrogen-bond acceptors (Lipinski definition) is 5. The number of aromatic amines is 1. The zero-order chi connectivity index (χ0) is 18.5. The average Bonchev–Trinajstić information content (AvgIpc) is 3.01. The first-order valence-corrected chi connectivity index (χ1v) is 7.57. The highest BCUT2D eigenvalue weighted by atomic mass is 19.1. The molecule has 0 saturated heterocycles. The van der Waals surface area contributed by atoms with Crippen molar-refractivity contribution in [3.63, 3.8) is 0 Å². The fourth-order valence-electron chi connectivity index (χ4n) is 2.10. The van der Waals surface area contributed by atoms with E-state index in [0.29, 0.717) is 11.1 Å². The van der Waals surface area contributed by atoms with Gasteiger partial charge in [0, 0.05) is 12.1 Å². The first-order chi connectivity index (χ1) is 12.5. The van der Waals surface area contributed by atoms with Crippen LogP contribution in [0.1, 0.15) is 21.6 Å². The molecule has 26 heavy (non-hydrogen) atoms. The molecule has 2 aromatic carbocycles. The molecule has 3 aromatic rings. The third kappa shape index (κ3) is 3.83. The Kier molecular flexibility index (Phi) is 4.88. The van der Waals surface area contributed by atoms with Gasteiger partial charge in [-0.1, -0.05) is 18.2 Å². The van der Waals surface area contributed by atoms with Crippen molar-refractivity contribution in [1.82, 2.24) is 20.4 Å². The summed E-state index contributed by atoms with van der Waals surface area (Å²) in [5, 5.41) is 21.5. The molecule has 0 saturated carbocycles. The van der Waals surface area contributed by atoms with Gasteiger partial charge in [0.05, 0.1) is 6.21 Å². The van der Waals surface area contributed by atoms with Gasteiger partial charge in [-0.2, -0.15) is 10.3 Å². The number of hydrogen-bond donors (Lipinski definition) is 3. The van der Waals surface area contributed by atoms with Gasteiger partial charge in [0.15, 0.2) is 0 Å². The van der Waals surface area contributed by atoms with Crippen molar-refractivity contribution in [2.45, 2.75) is 6.54 Å². The Morgan fingerprint density at radius 1 is 1.27 bits per heavy atom. The zero-order valence-corrected chi connectivity index (χ0v) is 13.4. The van der Waals surface area contributed by atoms with Crippen LogP contribution in [0, 0.1) is 5.82 Å². The van der Waals surface area contributed by atoms with Gasteiger partial charge >= 0.3 is 5.56 Å². The average molecular weight is 355 g/mol. The number of nitrogens with zero attached hydrogens (tertiary/aromatic N) is 3. The Hall–Kier alpha value is -3.75. The lowest BCUT2D eigenvalue weighted by Crippen LogP contribution is -2.29. The van der Waals surface area contributed by atoms with Crippen LogP contribution in [-0.4, -0.2) is 32.3 Å². The summed E-state index contributed by atoms with van der Waals surface area (Å²) >= 11 is 0. The Labute approximate surface area is 146 Å². The number of phenols is 1. The number of amides is 1. The van der Waals surface area contributed by atoms with Crippen LogP contribution in [0.2, 0.25) is 0 Å². The molecule has 0 unspecified atom stereocenters. The van der Waals surface area contributed by atoms with Crippen LogP contribution in [0.4, 0.5) is 4.39 Å². The van der Waals surface area contributed by atoms with Gasteiger partial charge in [-0.05, 0) is 35.9 Å². The third-order valence-electron chi connectivity index (χ3n) is 3.48. The maximum atomic E-state index is 13.5. The number of nitrogens with one attached hydrogen (secondary N) is 2. The van der Waals surface area contributed by atoms with E-state index in [9.17, 15) is 19.1 Å². The largest absolute Gasteiger partial charge is 0.508 e. The van der Waals surface area contributed by atoms with Crippen molar-refractivity contribution in [3.8, 4) is 5.75 Å². The van der Waals surface area contributed by atoms with Gasteiger partial charge in [-0.15, -0.1) is 9.89 Å². The molecule has 0 aliphatic heterocycles. The number of phenolic OH excluding ortho intramolecular Hbond substituents is 1. The van der Waals surface area contributed by atoms with Gasteiger partial charge in [-0.3, -0.25) is 9.59 Å². The molecule has 132 valence electrons. The molecule has 0 aliphatic carbocycles. The Bertz CT molecular complexity index is 1010. The van der Waals surface area contributed by atoms with Crippen LogP contribution in [0.25, 0.3) is 0 Å². The van der Waals surface area contributed by atoms with Crippen molar-refractivity contribution in [1.29, 1.82) is 0 Å². The quantitative estimate of drug-likeness (QED) is 0.598. The summed E-state index contributed by atoms with van der Waals surface area (Å²) < 4.78 is 13.5. The van der Waals surface area contributed by atoms with Crippen molar-refractivity contribution < 1.29 is 14.3 Å². The smallest absolute Gasteiger partial charge is 0.320 e. The molecular formula is C17H14FN5O3. The monoisotopic (exact) mass is 355 g/mol. The summed E-state index contributed by atoms with van der Waals surface area (Å²) in [6, 6.07) is 12.1. The van der Waals surface area contributed by atoms with E-state index < -0.39 is 17.3 Å².